The highest BCUT2D eigenvalue weighted by Gasteiger charge is 2.21. The van der Waals surface area contributed by atoms with Crippen LogP contribution in [-0.2, 0) is 12.0 Å². The molecule has 8 nitrogen and oxygen atoms in total. The number of hydrogen-bond donors (Lipinski definition) is 1. The van der Waals surface area contributed by atoms with Gasteiger partial charge in [-0.15, -0.1) is 0 Å². The minimum absolute atomic E-state index is 0.0394. The third kappa shape index (κ3) is 3.77. The third-order valence-corrected chi connectivity index (χ3v) is 5.27. The van der Waals surface area contributed by atoms with Gasteiger partial charge in [-0.05, 0) is 12.1 Å². The molecule has 148 valence electrons. The molecule has 1 saturated heterocycles. The van der Waals surface area contributed by atoms with Crippen molar-refractivity contribution in [1.29, 1.82) is 0 Å². The van der Waals surface area contributed by atoms with Gasteiger partial charge in [-0.2, -0.15) is 5.10 Å². The second-order valence-corrected chi connectivity index (χ2v) is 8.30. The average molecular weight is 381 g/mol. The van der Waals surface area contributed by atoms with Crippen LogP contribution in [0, 0.1) is 0 Å². The van der Waals surface area contributed by atoms with E-state index in [0.29, 0.717) is 6.54 Å². The monoisotopic (exact) mass is 381 g/mol. The largest absolute Gasteiger partial charge is 0.353 e. The Hall–Kier alpha value is -2.74. The number of aromatic nitrogens is 5. The highest BCUT2D eigenvalue weighted by Crippen LogP contribution is 2.23. The number of H-pyrrole nitrogens is 1. The van der Waals surface area contributed by atoms with Crippen LogP contribution in [0.4, 0.5) is 5.82 Å². The lowest BCUT2D eigenvalue weighted by Crippen LogP contribution is -2.48. The van der Waals surface area contributed by atoms with E-state index in [-0.39, 0.29) is 11.0 Å². The molecule has 8 heteroatoms. The molecule has 1 aliphatic heterocycles. The van der Waals surface area contributed by atoms with Crippen LogP contribution in [0.1, 0.15) is 26.5 Å². The number of piperazine rings is 1. The molecule has 3 aromatic heterocycles. The van der Waals surface area contributed by atoms with Gasteiger partial charge in [0, 0.05) is 50.4 Å². The number of nitrogens with one attached hydrogen (secondary N) is 1. The van der Waals surface area contributed by atoms with Gasteiger partial charge in [0.25, 0.3) is 5.56 Å². The Morgan fingerprint density at radius 2 is 1.82 bits per heavy atom. The summed E-state index contributed by atoms with van der Waals surface area (Å²) in [7, 11) is 0. The quantitative estimate of drug-likeness (QED) is 0.740. The summed E-state index contributed by atoms with van der Waals surface area (Å²) in [6.45, 7) is 11.4. The summed E-state index contributed by atoms with van der Waals surface area (Å²) >= 11 is 0. The molecule has 0 amide bonds. The highest BCUT2D eigenvalue weighted by atomic mass is 16.1. The maximum atomic E-state index is 12.2. The Bertz CT molecular complexity index is 1010. The van der Waals surface area contributed by atoms with Crippen LogP contribution < -0.4 is 10.5 Å². The second-order valence-electron chi connectivity index (χ2n) is 8.30. The molecule has 4 rings (SSSR count). The van der Waals surface area contributed by atoms with Gasteiger partial charge in [-0.3, -0.25) is 9.69 Å². The van der Waals surface area contributed by atoms with Crippen molar-refractivity contribution in [2.24, 2.45) is 0 Å². The summed E-state index contributed by atoms with van der Waals surface area (Å²) in [6, 6.07) is 5.49. The molecule has 0 atom stereocenters. The van der Waals surface area contributed by atoms with E-state index in [1.54, 1.807) is 17.1 Å². The van der Waals surface area contributed by atoms with E-state index < -0.39 is 0 Å². The number of hydrogen-bond acceptors (Lipinski definition) is 6. The Morgan fingerprint density at radius 1 is 1.04 bits per heavy atom. The molecule has 0 aliphatic carbocycles. The van der Waals surface area contributed by atoms with E-state index in [0.717, 1.165) is 55.3 Å². The van der Waals surface area contributed by atoms with Crippen LogP contribution in [0.5, 0.6) is 0 Å². The van der Waals surface area contributed by atoms with Crippen molar-refractivity contribution in [3.8, 4) is 0 Å². The molecule has 1 N–H and O–H groups in total. The highest BCUT2D eigenvalue weighted by molar-refractivity contribution is 5.87. The van der Waals surface area contributed by atoms with E-state index in [9.17, 15) is 4.79 Å². The predicted molar refractivity (Wildman–Crippen MR) is 110 cm³/mol. The van der Waals surface area contributed by atoms with E-state index in [1.807, 2.05) is 18.3 Å². The summed E-state index contributed by atoms with van der Waals surface area (Å²) in [5, 5.41) is 5.63. The van der Waals surface area contributed by atoms with Crippen LogP contribution in [0.25, 0.3) is 11.0 Å². The molecule has 1 fully saturated rings. The maximum absolute atomic E-state index is 12.2. The first-order valence-electron chi connectivity index (χ1n) is 9.76. The lowest BCUT2D eigenvalue weighted by Gasteiger charge is -2.35. The zero-order valence-corrected chi connectivity index (χ0v) is 16.7. The van der Waals surface area contributed by atoms with Crippen molar-refractivity contribution in [2.75, 3.05) is 37.6 Å². The van der Waals surface area contributed by atoms with Crippen LogP contribution in [-0.4, -0.2) is 62.4 Å². The Labute approximate surface area is 164 Å². The minimum atomic E-state index is -0.0673. The van der Waals surface area contributed by atoms with E-state index >= 15 is 0 Å². The zero-order valence-electron chi connectivity index (χ0n) is 16.7. The van der Waals surface area contributed by atoms with Crippen LogP contribution >= 0.6 is 0 Å². The molecule has 0 unspecified atom stereocenters. The Kier molecular flexibility index (Phi) is 4.89. The molecule has 0 spiro atoms. The zero-order chi connectivity index (χ0) is 19.7. The van der Waals surface area contributed by atoms with Gasteiger partial charge in [-0.1, -0.05) is 20.8 Å². The first-order chi connectivity index (χ1) is 13.4. The first kappa shape index (κ1) is 18.6. The standard InChI is InChI=1S/C20H27N7O/c1-20(2,3)16-4-5-17(28)27(24-16)13-10-25-8-11-26(12-9-25)19-15-6-7-21-18(15)22-14-23-19/h4-7,14H,8-13H2,1-3H3,(H,21,22,23). The number of aromatic amines is 1. The molecular formula is C20H27N7O. The van der Waals surface area contributed by atoms with Gasteiger partial charge in [0.1, 0.15) is 17.8 Å². The van der Waals surface area contributed by atoms with Crippen molar-refractivity contribution in [3.63, 3.8) is 0 Å². The molecule has 0 saturated carbocycles. The number of nitrogens with zero attached hydrogens (tertiary/aromatic N) is 6. The molecule has 0 aromatic carbocycles. The molecule has 4 heterocycles. The van der Waals surface area contributed by atoms with Gasteiger partial charge in [0.2, 0.25) is 0 Å². The lowest BCUT2D eigenvalue weighted by molar-refractivity contribution is 0.241. The maximum Gasteiger partial charge on any atom is 0.266 e. The molecule has 0 bridgehead atoms. The first-order valence-corrected chi connectivity index (χ1v) is 9.76. The molecular weight excluding hydrogens is 354 g/mol. The second kappa shape index (κ2) is 7.35. The average Bonchev–Trinajstić information content (AvgIpc) is 3.16. The third-order valence-electron chi connectivity index (χ3n) is 5.27. The summed E-state index contributed by atoms with van der Waals surface area (Å²) < 4.78 is 1.60. The Balaban J connectivity index is 1.38. The fraction of sp³-hybridized carbons (Fsp3) is 0.500. The summed E-state index contributed by atoms with van der Waals surface area (Å²) in [5.41, 5.74) is 1.71. The predicted octanol–water partition coefficient (Wildman–Crippen LogP) is 1.63. The van der Waals surface area contributed by atoms with Gasteiger partial charge in [0.15, 0.2) is 0 Å². The minimum Gasteiger partial charge on any atom is -0.353 e. The summed E-state index contributed by atoms with van der Waals surface area (Å²) in [5.74, 6) is 0.988. The molecule has 28 heavy (non-hydrogen) atoms. The van der Waals surface area contributed by atoms with Gasteiger partial charge < -0.3 is 9.88 Å². The van der Waals surface area contributed by atoms with Crippen molar-refractivity contribution in [1.82, 2.24) is 29.6 Å². The molecule has 3 aromatic rings. The fourth-order valence-electron chi connectivity index (χ4n) is 3.54. The van der Waals surface area contributed by atoms with Crippen LogP contribution in [0.3, 0.4) is 0 Å². The number of fused-ring (bicyclic) bond motifs is 1. The van der Waals surface area contributed by atoms with Crippen LogP contribution in [0.2, 0.25) is 0 Å². The normalized spacial score (nSPS) is 16.0. The SMILES string of the molecule is CC(C)(C)c1ccc(=O)n(CCN2CCN(c3ncnc4[nH]ccc34)CC2)n1. The van der Waals surface area contributed by atoms with E-state index in [1.165, 1.54) is 0 Å². The lowest BCUT2D eigenvalue weighted by atomic mass is 9.92. The topological polar surface area (TPSA) is 82.9 Å². The van der Waals surface area contributed by atoms with E-state index in [2.05, 4.69) is 50.6 Å². The van der Waals surface area contributed by atoms with Crippen molar-refractivity contribution in [2.45, 2.75) is 32.7 Å². The number of anilines is 1. The van der Waals surface area contributed by atoms with E-state index in [4.69, 9.17) is 0 Å². The summed E-state index contributed by atoms with van der Waals surface area (Å²) in [4.78, 5) is 28.7. The summed E-state index contributed by atoms with van der Waals surface area (Å²) in [6.07, 6.45) is 3.51. The van der Waals surface area contributed by atoms with Crippen molar-refractivity contribution in [3.05, 3.63) is 46.8 Å². The van der Waals surface area contributed by atoms with Gasteiger partial charge in [-0.25, -0.2) is 14.6 Å². The molecule has 1 aliphatic rings. The molecule has 0 radical (unpaired) electrons. The van der Waals surface area contributed by atoms with Gasteiger partial charge in [0.05, 0.1) is 17.6 Å². The number of rotatable bonds is 4. The van der Waals surface area contributed by atoms with Crippen LogP contribution in [0.15, 0.2) is 35.5 Å². The van der Waals surface area contributed by atoms with Gasteiger partial charge >= 0.3 is 0 Å². The van der Waals surface area contributed by atoms with Crippen molar-refractivity contribution >= 4 is 16.9 Å². The Morgan fingerprint density at radius 3 is 2.57 bits per heavy atom. The smallest absolute Gasteiger partial charge is 0.266 e. The van der Waals surface area contributed by atoms with Crippen molar-refractivity contribution < 1.29 is 0 Å². The fourth-order valence-corrected chi connectivity index (χ4v) is 3.54.